The van der Waals surface area contributed by atoms with Gasteiger partial charge in [0.05, 0.1) is 0 Å². The molecule has 2 aromatic heterocycles. The first-order valence-electron chi connectivity index (χ1n) is 3.86. The fourth-order valence-electron chi connectivity index (χ4n) is 0.933. The highest BCUT2D eigenvalue weighted by atomic mass is 16.3. The average molecular weight is 176 g/mol. The summed E-state index contributed by atoms with van der Waals surface area (Å²) >= 11 is 0. The Labute approximate surface area is 74.8 Å². The normalized spacial score (nSPS) is 10.3. The predicted octanol–water partition coefficient (Wildman–Crippen LogP) is 1.14. The number of aryl methyl sites for hydroxylation is 2. The van der Waals surface area contributed by atoms with Crippen molar-refractivity contribution in [3.05, 3.63) is 23.7 Å². The van der Waals surface area contributed by atoms with Gasteiger partial charge in [0.25, 0.3) is 0 Å². The van der Waals surface area contributed by atoms with Crippen LogP contribution >= 0.6 is 0 Å². The number of hydrogen-bond acceptors (Lipinski definition) is 5. The third kappa shape index (κ3) is 1.53. The van der Waals surface area contributed by atoms with Gasteiger partial charge in [0, 0.05) is 0 Å². The third-order valence-corrected chi connectivity index (χ3v) is 1.54. The van der Waals surface area contributed by atoms with Gasteiger partial charge in [-0.2, -0.15) is 0 Å². The summed E-state index contributed by atoms with van der Waals surface area (Å²) in [6, 6.07) is 3.64. The summed E-state index contributed by atoms with van der Waals surface area (Å²) < 4.78 is 5.30. The summed E-state index contributed by atoms with van der Waals surface area (Å²) in [7, 11) is 0. The zero-order valence-electron chi connectivity index (χ0n) is 7.35. The van der Waals surface area contributed by atoms with Crippen LogP contribution in [0.4, 0.5) is 0 Å². The lowest BCUT2D eigenvalue weighted by Crippen LogP contribution is -1.97. The van der Waals surface area contributed by atoms with Gasteiger partial charge in [-0.1, -0.05) is 0 Å². The Morgan fingerprint density at radius 1 is 1.00 bits per heavy atom. The first kappa shape index (κ1) is 7.85. The lowest BCUT2D eigenvalue weighted by Gasteiger charge is -1.92. The molecule has 0 aliphatic carbocycles. The lowest BCUT2D eigenvalue weighted by atomic mass is 10.4. The van der Waals surface area contributed by atoms with E-state index in [1.54, 1.807) is 13.0 Å². The van der Waals surface area contributed by atoms with Crippen molar-refractivity contribution in [2.45, 2.75) is 13.8 Å². The summed E-state index contributed by atoms with van der Waals surface area (Å²) in [6.07, 6.45) is 0. The third-order valence-electron chi connectivity index (χ3n) is 1.54. The van der Waals surface area contributed by atoms with Crippen molar-refractivity contribution in [1.29, 1.82) is 0 Å². The van der Waals surface area contributed by atoms with Crippen molar-refractivity contribution in [3.8, 4) is 11.6 Å². The maximum absolute atomic E-state index is 5.30. The van der Waals surface area contributed by atoms with Crippen molar-refractivity contribution in [2.75, 3.05) is 0 Å². The number of nitrogens with zero attached hydrogens (tertiary/aromatic N) is 4. The van der Waals surface area contributed by atoms with Crippen LogP contribution in [0.1, 0.15) is 11.6 Å². The average Bonchev–Trinajstić information content (AvgIpc) is 2.53. The molecule has 0 bridgehead atoms. The zero-order chi connectivity index (χ0) is 9.26. The molecule has 0 saturated carbocycles. The topological polar surface area (TPSA) is 64.7 Å². The molecule has 0 aliphatic rings. The maximum Gasteiger partial charge on any atom is 0.238 e. The van der Waals surface area contributed by atoms with E-state index >= 15 is 0 Å². The molecule has 0 atom stereocenters. The molecule has 2 rings (SSSR count). The van der Waals surface area contributed by atoms with Crippen LogP contribution in [0.15, 0.2) is 16.5 Å². The molecule has 2 heterocycles. The van der Waals surface area contributed by atoms with Crippen molar-refractivity contribution in [3.63, 3.8) is 0 Å². The molecule has 0 saturated heterocycles. The van der Waals surface area contributed by atoms with Crippen LogP contribution in [0.25, 0.3) is 11.6 Å². The van der Waals surface area contributed by atoms with E-state index in [1.165, 1.54) is 0 Å². The molecule has 0 N–H and O–H groups in total. The standard InChI is InChI=1S/C8H8N4O/c1-5-3-4-7(13-5)8-11-9-6(2)10-12-8/h3-4H,1-2H3. The highest BCUT2D eigenvalue weighted by Crippen LogP contribution is 2.15. The molecule has 0 aromatic carbocycles. The summed E-state index contributed by atoms with van der Waals surface area (Å²) in [5.41, 5.74) is 0. The summed E-state index contributed by atoms with van der Waals surface area (Å²) in [4.78, 5) is 0. The fourth-order valence-corrected chi connectivity index (χ4v) is 0.933. The van der Waals surface area contributed by atoms with Crippen LogP contribution in [0.2, 0.25) is 0 Å². The molecule has 0 aliphatic heterocycles. The van der Waals surface area contributed by atoms with Gasteiger partial charge in [-0.05, 0) is 26.0 Å². The van der Waals surface area contributed by atoms with Gasteiger partial charge in [0.2, 0.25) is 5.82 Å². The molecule has 0 fully saturated rings. The van der Waals surface area contributed by atoms with E-state index in [2.05, 4.69) is 20.4 Å². The Morgan fingerprint density at radius 3 is 2.23 bits per heavy atom. The van der Waals surface area contributed by atoms with Crippen LogP contribution < -0.4 is 0 Å². The van der Waals surface area contributed by atoms with E-state index in [4.69, 9.17) is 4.42 Å². The van der Waals surface area contributed by atoms with E-state index in [9.17, 15) is 0 Å². The predicted molar refractivity (Wildman–Crippen MR) is 44.8 cm³/mol. The highest BCUT2D eigenvalue weighted by Gasteiger charge is 2.06. The Morgan fingerprint density at radius 2 is 1.69 bits per heavy atom. The first-order chi connectivity index (χ1) is 6.25. The SMILES string of the molecule is Cc1nnc(-c2ccc(C)o2)nn1. The van der Waals surface area contributed by atoms with E-state index in [-0.39, 0.29) is 0 Å². The molecule has 0 spiro atoms. The first-order valence-corrected chi connectivity index (χ1v) is 3.86. The molecule has 66 valence electrons. The largest absolute Gasteiger partial charge is 0.458 e. The molecular formula is C8H8N4O. The Balaban J connectivity index is 2.41. The quantitative estimate of drug-likeness (QED) is 0.651. The number of rotatable bonds is 1. The minimum atomic E-state index is 0.415. The van der Waals surface area contributed by atoms with E-state index in [0.29, 0.717) is 17.4 Å². The smallest absolute Gasteiger partial charge is 0.238 e. The maximum atomic E-state index is 5.30. The van der Waals surface area contributed by atoms with Crippen molar-refractivity contribution in [1.82, 2.24) is 20.4 Å². The molecule has 13 heavy (non-hydrogen) atoms. The van der Waals surface area contributed by atoms with Gasteiger partial charge in [-0.3, -0.25) is 0 Å². The molecule has 5 heteroatoms. The van der Waals surface area contributed by atoms with Gasteiger partial charge in [-0.15, -0.1) is 20.4 Å². The van der Waals surface area contributed by atoms with Crippen LogP contribution in [-0.4, -0.2) is 20.4 Å². The van der Waals surface area contributed by atoms with E-state index in [0.717, 1.165) is 5.76 Å². The van der Waals surface area contributed by atoms with Gasteiger partial charge < -0.3 is 4.42 Å². The van der Waals surface area contributed by atoms with Crippen molar-refractivity contribution >= 4 is 0 Å². The molecule has 5 nitrogen and oxygen atoms in total. The van der Waals surface area contributed by atoms with E-state index in [1.807, 2.05) is 13.0 Å². The van der Waals surface area contributed by atoms with E-state index < -0.39 is 0 Å². The number of aromatic nitrogens is 4. The molecule has 0 unspecified atom stereocenters. The summed E-state index contributed by atoms with van der Waals surface area (Å²) in [6.45, 7) is 3.59. The fraction of sp³-hybridized carbons (Fsp3) is 0.250. The molecule has 0 amide bonds. The van der Waals surface area contributed by atoms with Gasteiger partial charge in [0.15, 0.2) is 11.6 Å². The van der Waals surface area contributed by atoms with Crippen molar-refractivity contribution < 1.29 is 4.42 Å². The molecule has 2 aromatic rings. The second-order valence-corrected chi connectivity index (χ2v) is 2.68. The van der Waals surface area contributed by atoms with Gasteiger partial charge in [0.1, 0.15) is 5.76 Å². The lowest BCUT2D eigenvalue weighted by molar-refractivity contribution is 0.540. The van der Waals surface area contributed by atoms with Crippen LogP contribution in [-0.2, 0) is 0 Å². The second-order valence-electron chi connectivity index (χ2n) is 2.68. The minimum absolute atomic E-state index is 0.415. The van der Waals surface area contributed by atoms with Crippen LogP contribution in [0, 0.1) is 13.8 Å². The highest BCUT2D eigenvalue weighted by molar-refractivity contribution is 5.44. The number of furan rings is 1. The Kier molecular flexibility index (Phi) is 1.77. The van der Waals surface area contributed by atoms with Gasteiger partial charge >= 0.3 is 0 Å². The zero-order valence-corrected chi connectivity index (χ0v) is 7.35. The van der Waals surface area contributed by atoms with Crippen LogP contribution in [0.5, 0.6) is 0 Å². The summed E-state index contributed by atoms with van der Waals surface area (Å²) in [5.74, 6) is 2.38. The molecular weight excluding hydrogens is 168 g/mol. The summed E-state index contributed by atoms with van der Waals surface area (Å²) in [5, 5.41) is 15.3. The van der Waals surface area contributed by atoms with Crippen LogP contribution in [0.3, 0.4) is 0 Å². The minimum Gasteiger partial charge on any atom is -0.458 e. The van der Waals surface area contributed by atoms with Crippen molar-refractivity contribution in [2.24, 2.45) is 0 Å². The Bertz CT molecular complexity index is 406. The monoisotopic (exact) mass is 176 g/mol. The number of hydrogen-bond donors (Lipinski definition) is 0. The second kappa shape index (κ2) is 2.93. The van der Waals surface area contributed by atoms with Gasteiger partial charge in [-0.25, -0.2) is 0 Å². The Hall–Kier alpha value is -1.78. The molecule has 0 radical (unpaired) electrons.